The maximum Gasteiger partial charge on any atom is 0.321 e. The summed E-state index contributed by atoms with van der Waals surface area (Å²) >= 11 is 0. The molecule has 0 bridgehead atoms. The zero-order chi connectivity index (χ0) is 24.8. The molecule has 9 nitrogen and oxygen atoms in total. The molecule has 0 spiro atoms. The number of nitrogens with zero attached hydrogens (tertiary/aromatic N) is 2. The third kappa shape index (κ3) is 5.74. The third-order valence-electron chi connectivity index (χ3n) is 4.98. The Morgan fingerprint density at radius 1 is 0.886 bits per heavy atom. The summed E-state index contributed by atoms with van der Waals surface area (Å²) in [5, 5.41) is 2.82. The van der Waals surface area contributed by atoms with E-state index >= 15 is 0 Å². The van der Waals surface area contributed by atoms with Crippen molar-refractivity contribution in [2.24, 2.45) is 0 Å². The molecule has 0 aliphatic heterocycles. The van der Waals surface area contributed by atoms with E-state index in [1.165, 1.54) is 31.4 Å². The zero-order valence-corrected chi connectivity index (χ0v) is 19.7. The summed E-state index contributed by atoms with van der Waals surface area (Å²) in [7, 11) is -2.41. The second-order valence-corrected chi connectivity index (χ2v) is 9.08. The van der Waals surface area contributed by atoms with E-state index in [4.69, 9.17) is 9.47 Å². The number of carbonyl (C=O) groups is 1. The van der Waals surface area contributed by atoms with Crippen LogP contribution in [0.25, 0.3) is 0 Å². The Morgan fingerprint density at radius 2 is 1.60 bits per heavy atom. The van der Waals surface area contributed by atoms with Gasteiger partial charge in [0.15, 0.2) is 0 Å². The second kappa shape index (κ2) is 10.2. The minimum atomic E-state index is -3.87. The van der Waals surface area contributed by atoms with Gasteiger partial charge in [-0.3, -0.25) is 9.52 Å². The fourth-order valence-electron chi connectivity index (χ4n) is 3.20. The number of aryl methyl sites for hydroxylation is 1. The van der Waals surface area contributed by atoms with E-state index in [2.05, 4.69) is 20.0 Å². The van der Waals surface area contributed by atoms with Crippen LogP contribution in [0, 0.1) is 6.92 Å². The van der Waals surface area contributed by atoms with E-state index in [0.29, 0.717) is 28.4 Å². The van der Waals surface area contributed by atoms with Crippen molar-refractivity contribution in [2.45, 2.75) is 11.8 Å². The molecule has 0 fully saturated rings. The highest BCUT2D eigenvalue weighted by atomic mass is 32.2. The van der Waals surface area contributed by atoms with Gasteiger partial charge in [0, 0.05) is 23.6 Å². The Hall–Kier alpha value is -4.44. The van der Waals surface area contributed by atoms with Gasteiger partial charge in [-0.05, 0) is 73.2 Å². The average molecular weight is 491 g/mol. The Labute approximate surface area is 202 Å². The number of carbonyl (C=O) groups excluding carboxylic acids is 1. The van der Waals surface area contributed by atoms with Gasteiger partial charge in [-0.25, -0.2) is 18.4 Å². The zero-order valence-electron chi connectivity index (χ0n) is 18.9. The number of anilines is 2. The molecule has 1 amide bonds. The summed E-state index contributed by atoms with van der Waals surface area (Å²) in [4.78, 5) is 20.8. The summed E-state index contributed by atoms with van der Waals surface area (Å²) in [6, 6.07) is 19.4. The molecule has 0 atom stereocenters. The first-order chi connectivity index (χ1) is 16.9. The fraction of sp³-hybridized carbons (Fsp3) is 0.0800. The number of nitrogens with one attached hydrogen (secondary N) is 2. The lowest BCUT2D eigenvalue weighted by molar-refractivity contribution is 0.102. The van der Waals surface area contributed by atoms with Crippen LogP contribution in [0.5, 0.6) is 17.5 Å². The predicted molar refractivity (Wildman–Crippen MR) is 131 cm³/mol. The standard InChI is InChI=1S/C25H22N4O5S/c1-17-16-19(34-25-26-14-5-15-27-25)10-13-21(17)28-24(30)18-8-11-20(12-9-18)35(31,32)29-22-6-3-4-7-23(22)33-2/h3-16,29H,1-2H3,(H,28,30). The summed E-state index contributed by atoms with van der Waals surface area (Å²) in [5.41, 5.74) is 1.98. The highest BCUT2D eigenvalue weighted by molar-refractivity contribution is 7.92. The van der Waals surface area contributed by atoms with E-state index < -0.39 is 10.0 Å². The van der Waals surface area contributed by atoms with Crippen molar-refractivity contribution in [3.63, 3.8) is 0 Å². The molecule has 35 heavy (non-hydrogen) atoms. The molecule has 3 aromatic carbocycles. The van der Waals surface area contributed by atoms with E-state index in [-0.39, 0.29) is 16.8 Å². The first-order valence-corrected chi connectivity index (χ1v) is 12.0. The molecule has 0 saturated carbocycles. The van der Waals surface area contributed by atoms with Crippen LogP contribution in [0.15, 0.2) is 90.1 Å². The number of hydrogen-bond donors (Lipinski definition) is 2. The molecule has 1 heterocycles. The summed E-state index contributed by atoms with van der Waals surface area (Å²) in [6.07, 6.45) is 3.16. The number of methoxy groups -OCH3 is 1. The lowest BCUT2D eigenvalue weighted by atomic mass is 10.1. The van der Waals surface area contributed by atoms with Crippen molar-refractivity contribution < 1.29 is 22.7 Å². The summed E-state index contributed by atoms with van der Waals surface area (Å²) in [6.45, 7) is 1.83. The van der Waals surface area contributed by atoms with Gasteiger partial charge in [-0.15, -0.1) is 0 Å². The first kappa shape index (κ1) is 23.7. The highest BCUT2D eigenvalue weighted by Crippen LogP contribution is 2.27. The van der Waals surface area contributed by atoms with E-state index in [1.54, 1.807) is 60.9 Å². The largest absolute Gasteiger partial charge is 0.495 e. The van der Waals surface area contributed by atoms with Gasteiger partial charge in [0.05, 0.1) is 17.7 Å². The first-order valence-electron chi connectivity index (χ1n) is 10.5. The van der Waals surface area contributed by atoms with Gasteiger partial charge in [-0.2, -0.15) is 0 Å². The van der Waals surface area contributed by atoms with Crippen LogP contribution < -0.4 is 19.5 Å². The van der Waals surface area contributed by atoms with Gasteiger partial charge in [0.25, 0.3) is 15.9 Å². The molecular weight excluding hydrogens is 468 g/mol. The van der Waals surface area contributed by atoms with E-state index in [0.717, 1.165) is 5.56 Å². The summed E-state index contributed by atoms with van der Waals surface area (Å²) in [5.74, 6) is 0.550. The number of para-hydroxylation sites is 2. The number of ether oxygens (including phenoxy) is 2. The molecule has 0 radical (unpaired) electrons. The van der Waals surface area contributed by atoms with Crippen molar-refractivity contribution in [2.75, 3.05) is 17.1 Å². The van der Waals surface area contributed by atoms with Gasteiger partial charge in [-0.1, -0.05) is 12.1 Å². The SMILES string of the molecule is COc1ccccc1NS(=O)(=O)c1ccc(C(=O)Nc2ccc(Oc3ncccn3)cc2C)cc1. The minimum Gasteiger partial charge on any atom is -0.495 e. The topological polar surface area (TPSA) is 120 Å². The lowest BCUT2D eigenvalue weighted by Gasteiger charge is -2.12. The Kier molecular flexibility index (Phi) is 6.93. The monoisotopic (exact) mass is 490 g/mol. The van der Waals surface area contributed by atoms with Gasteiger partial charge >= 0.3 is 6.01 Å². The van der Waals surface area contributed by atoms with Crippen LogP contribution in [0.2, 0.25) is 0 Å². The van der Waals surface area contributed by atoms with Gasteiger partial charge in [0.1, 0.15) is 11.5 Å². The summed E-state index contributed by atoms with van der Waals surface area (Å²) < 4.78 is 38.8. The molecule has 1 aromatic heterocycles. The molecule has 10 heteroatoms. The van der Waals surface area contributed by atoms with Crippen molar-refractivity contribution in [3.8, 4) is 17.5 Å². The van der Waals surface area contributed by atoms with Crippen LogP contribution in [-0.2, 0) is 10.0 Å². The number of rotatable bonds is 8. The molecule has 0 aliphatic rings. The van der Waals surface area contributed by atoms with Crippen LogP contribution in [0.1, 0.15) is 15.9 Å². The molecule has 178 valence electrons. The molecule has 4 aromatic rings. The smallest absolute Gasteiger partial charge is 0.321 e. The number of benzene rings is 3. The quantitative estimate of drug-likeness (QED) is 0.369. The number of aromatic nitrogens is 2. The van der Waals surface area contributed by atoms with Crippen LogP contribution in [0.3, 0.4) is 0 Å². The van der Waals surface area contributed by atoms with Crippen molar-refractivity contribution in [1.29, 1.82) is 0 Å². The number of amides is 1. The maximum atomic E-state index is 12.8. The molecule has 0 aliphatic carbocycles. The third-order valence-corrected chi connectivity index (χ3v) is 6.36. The van der Waals surface area contributed by atoms with Crippen molar-refractivity contribution in [1.82, 2.24) is 9.97 Å². The van der Waals surface area contributed by atoms with Crippen LogP contribution >= 0.6 is 0 Å². The highest BCUT2D eigenvalue weighted by Gasteiger charge is 2.17. The number of sulfonamides is 1. The maximum absolute atomic E-state index is 12.8. The Balaban J connectivity index is 1.44. The van der Waals surface area contributed by atoms with E-state index in [9.17, 15) is 13.2 Å². The Morgan fingerprint density at radius 3 is 2.29 bits per heavy atom. The number of hydrogen-bond acceptors (Lipinski definition) is 7. The normalized spacial score (nSPS) is 10.9. The van der Waals surface area contributed by atoms with Crippen molar-refractivity contribution >= 4 is 27.3 Å². The van der Waals surface area contributed by atoms with Crippen molar-refractivity contribution in [3.05, 3.63) is 96.3 Å². The van der Waals surface area contributed by atoms with Gasteiger partial charge in [0.2, 0.25) is 0 Å². The van der Waals surface area contributed by atoms with Crippen LogP contribution in [-0.4, -0.2) is 31.4 Å². The average Bonchev–Trinajstić information content (AvgIpc) is 2.86. The van der Waals surface area contributed by atoms with Crippen LogP contribution in [0.4, 0.5) is 11.4 Å². The Bertz CT molecular complexity index is 1440. The van der Waals surface area contributed by atoms with E-state index in [1.807, 2.05) is 6.92 Å². The second-order valence-electron chi connectivity index (χ2n) is 7.39. The predicted octanol–water partition coefficient (Wildman–Crippen LogP) is 4.64. The molecule has 0 saturated heterocycles. The molecular formula is C25H22N4O5S. The molecule has 2 N–H and O–H groups in total. The molecule has 0 unspecified atom stereocenters. The van der Waals surface area contributed by atoms with Gasteiger partial charge < -0.3 is 14.8 Å². The molecule has 4 rings (SSSR count). The minimum absolute atomic E-state index is 0.0146. The lowest BCUT2D eigenvalue weighted by Crippen LogP contribution is -2.15. The fourth-order valence-corrected chi connectivity index (χ4v) is 4.27.